The van der Waals surface area contributed by atoms with Crippen molar-refractivity contribution in [3.05, 3.63) is 64.2 Å². The van der Waals surface area contributed by atoms with Gasteiger partial charge < -0.3 is 28.7 Å². The van der Waals surface area contributed by atoms with Gasteiger partial charge in [-0.05, 0) is 26.3 Å². The Morgan fingerprint density at radius 3 is 2.63 bits per heavy atom. The van der Waals surface area contributed by atoms with Crippen LogP contribution in [0.3, 0.4) is 0 Å². The number of ether oxygens (including phenoxy) is 2. The first-order valence-electron chi connectivity index (χ1n) is 9.62. The van der Waals surface area contributed by atoms with Gasteiger partial charge in [0, 0.05) is 12.6 Å². The van der Waals surface area contributed by atoms with Gasteiger partial charge in [0.2, 0.25) is 11.2 Å². The van der Waals surface area contributed by atoms with Crippen molar-refractivity contribution in [2.75, 3.05) is 6.54 Å². The summed E-state index contributed by atoms with van der Waals surface area (Å²) in [7, 11) is 0. The van der Waals surface area contributed by atoms with E-state index in [9.17, 15) is 19.5 Å². The molecular formula is C22H25NO7. The first-order valence-corrected chi connectivity index (χ1v) is 9.62. The maximum absolute atomic E-state index is 12.5. The molecule has 1 saturated heterocycles. The average molecular weight is 415 g/mol. The van der Waals surface area contributed by atoms with Crippen LogP contribution in [-0.4, -0.2) is 40.6 Å². The van der Waals surface area contributed by atoms with Crippen LogP contribution in [0, 0.1) is 5.92 Å². The van der Waals surface area contributed by atoms with Crippen LogP contribution in [0.4, 0.5) is 4.79 Å². The van der Waals surface area contributed by atoms with Crippen molar-refractivity contribution in [1.82, 2.24) is 4.90 Å². The van der Waals surface area contributed by atoms with Gasteiger partial charge >= 0.3 is 6.09 Å². The van der Waals surface area contributed by atoms with Crippen molar-refractivity contribution >= 4 is 12.4 Å². The van der Waals surface area contributed by atoms with Crippen molar-refractivity contribution in [3.63, 3.8) is 0 Å². The highest BCUT2D eigenvalue weighted by Gasteiger charge is 2.49. The number of benzene rings is 1. The van der Waals surface area contributed by atoms with E-state index in [-0.39, 0.29) is 24.7 Å². The summed E-state index contributed by atoms with van der Waals surface area (Å²) in [6.07, 6.45) is -0.293. The minimum absolute atomic E-state index is 0.0902. The number of nitrogens with zero attached hydrogens (tertiary/aromatic N) is 1. The van der Waals surface area contributed by atoms with Gasteiger partial charge in [-0.25, -0.2) is 4.79 Å². The van der Waals surface area contributed by atoms with Crippen LogP contribution in [0.15, 0.2) is 51.9 Å². The number of carbonyl (C=O) groups is 2. The molecule has 0 spiro atoms. The van der Waals surface area contributed by atoms with E-state index in [0.29, 0.717) is 6.29 Å². The first-order chi connectivity index (χ1) is 14.2. The van der Waals surface area contributed by atoms with Gasteiger partial charge in [0.25, 0.3) is 0 Å². The number of aliphatic hydroxyl groups is 1. The summed E-state index contributed by atoms with van der Waals surface area (Å²) in [5.74, 6) is -0.918. The fourth-order valence-electron chi connectivity index (χ4n) is 3.25. The van der Waals surface area contributed by atoms with Gasteiger partial charge in [-0.1, -0.05) is 30.3 Å². The molecule has 8 nitrogen and oxygen atoms in total. The van der Waals surface area contributed by atoms with E-state index in [2.05, 4.69) is 0 Å². The molecule has 1 aromatic heterocycles. The number of rotatable bonds is 6. The summed E-state index contributed by atoms with van der Waals surface area (Å²) in [5.41, 5.74) is -0.384. The molecule has 1 aliphatic rings. The second kappa shape index (κ2) is 8.71. The molecule has 160 valence electrons. The standard InChI is InChI=1S/C22H25NO7/c1-22(2,3)30-21(27)23-11-15(12-24)17(23)18(26)20-19(16(25)9-10-28-20)29-13-14-7-5-4-6-8-14/h4-10,12,15,17-18,26H,11,13H2,1-3H3. The molecule has 2 aromatic rings. The summed E-state index contributed by atoms with van der Waals surface area (Å²) in [4.78, 5) is 37.5. The Bertz CT molecular complexity index is 948. The highest BCUT2D eigenvalue weighted by Crippen LogP contribution is 2.37. The van der Waals surface area contributed by atoms with E-state index in [1.165, 1.54) is 11.0 Å². The zero-order valence-electron chi connectivity index (χ0n) is 17.1. The molecule has 1 N–H and O–H groups in total. The summed E-state index contributed by atoms with van der Waals surface area (Å²) in [6, 6.07) is 9.45. The quantitative estimate of drug-likeness (QED) is 0.723. The number of amides is 1. The lowest BCUT2D eigenvalue weighted by Gasteiger charge is -2.47. The third-order valence-corrected chi connectivity index (χ3v) is 4.69. The second-order valence-corrected chi connectivity index (χ2v) is 8.12. The predicted octanol–water partition coefficient (Wildman–Crippen LogP) is 2.69. The van der Waals surface area contributed by atoms with E-state index >= 15 is 0 Å². The molecule has 2 heterocycles. The molecule has 3 unspecified atom stereocenters. The van der Waals surface area contributed by atoms with E-state index in [0.717, 1.165) is 11.8 Å². The second-order valence-electron chi connectivity index (χ2n) is 8.12. The normalized spacial score (nSPS) is 19.5. The molecule has 1 fully saturated rings. The lowest BCUT2D eigenvalue weighted by molar-refractivity contribution is -0.127. The van der Waals surface area contributed by atoms with E-state index in [1.807, 2.05) is 30.3 Å². The third-order valence-electron chi connectivity index (χ3n) is 4.69. The Balaban J connectivity index is 1.84. The maximum atomic E-state index is 12.5. The highest BCUT2D eigenvalue weighted by atomic mass is 16.6. The Labute approximate surface area is 174 Å². The van der Waals surface area contributed by atoms with Crippen molar-refractivity contribution in [2.45, 2.75) is 45.1 Å². The smallest absolute Gasteiger partial charge is 0.410 e. The van der Waals surface area contributed by atoms with Gasteiger partial charge in [0.1, 0.15) is 24.6 Å². The van der Waals surface area contributed by atoms with Crippen molar-refractivity contribution in [1.29, 1.82) is 0 Å². The van der Waals surface area contributed by atoms with Gasteiger partial charge in [-0.3, -0.25) is 4.79 Å². The van der Waals surface area contributed by atoms with Crippen LogP contribution in [-0.2, 0) is 16.1 Å². The third kappa shape index (κ3) is 4.71. The summed E-state index contributed by atoms with van der Waals surface area (Å²) in [5, 5.41) is 10.9. The molecule has 0 aliphatic carbocycles. The van der Waals surface area contributed by atoms with Crippen LogP contribution < -0.4 is 10.2 Å². The largest absolute Gasteiger partial charge is 0.482 e. The molecule has 1 aromatic carbocycles. The Morgan fingerprint density at radius 1 is 1.30 bits per heavy atom. The highest BCUT2D eigenvalue weighted by molar-refractivity contribution is 5.73. The van der Waals surface area contributed by atoms with E-state index in [1.54, 1.807) is 20.8 Å². The number of carbonyl (C=O) groups excluding carboxylic acids is 2. The molecule has 8 heteroatoms. The lowest BCUT2D eigenvalue weighted by atomic mass is 9.85. The van der Waals surface area contributed by atoms with Crippen LogP contribution in [0.1, 0.15) is 38.2 Å². The van der Waals surface area contributed by atoms with Crippen molar-refractivity contribution in [2.24, 2.45) is 5.92 Å². The minimum Gasteiger partial charge on any atom is -0.482 e. The van der Waals surface area contributed by atoms with E-state index in [4.69, 9.17) is 13.9 Å². The molecule has 1 amide bonds. The van der Waals surface area contributed by atoms with Gasteiger partial charge in [0.05, 0.1) is 18.2 Å². The monoisotopic (exact) mass is 415 g/mol. The molecule has 0 bridgehead atoms. The number of likely N-dealkylation sites (tertiary alicyclic amines) is 1. The molecule has 30 heavy (non-hydrogen) atoms. The SMILES string of the molecule is CC(C)(C)OC(=O)N1CC(C=O)C1C(O)c1occc(=O)c1OCc1ccccc1. The summed E-state index contributed by atoms with van der Waals surface area (Å²) in [6.45, 7) is 5.36. The Hall–Kier alpha value is -3.13. The first kappa shape index (κ1) is 21.6. The van der Waals surface area contributed by atoms with Crippen molar-refractivity contribution < 1.29 is 28.6 Å². The molecule has 0 saturated carbocycles. The fraction of sp³-hybridized carbons (Fsp3) is 0.409. The Kier molecular flexibility index (Phi) is 6.26. The molecule has 3 rings (SSSR count). The molecular weight excluding hydrogens is 390 g/mol. The average Bonchev–Trinajstić information content (AvgIpc) is 2.65. The molecule has 1 aliphatic heterocycles. The lowest BCUT2D eigenvalue weighted by Crippen LogP contribution is -2.62. The number of hydrogen-bond donors (Lipinski definition) is 1. The van der Waals surface area contributed by atoms with Gasteiger partial charge in [0.15, 0.2) is 5.76 Å². The van der Waals surface area contributed by atoms with Crippen molar-refractivity contribution in [3.8, 4) is 5.75 Å². The van der Waals surface area contributed by atoms with Gasteiger partial charge in [-0.15, -0.1) is 0 Å². The molecule has 3 atom stereocenters. The van der Waals surface area contributed by atoms with Crippen LogP contribution in [0.2, 0.25) is 0 Å². The molecule has 0 radical (unpaired) electrons. The topological polar surface area (TPSA) is 106 Å². The number of aldehydes is 1. The van der Waals surface area contributed by atoms with Crippen LogP contribution in [0.5, 0.6) is 5.75 Å². The van der Waals surface area contributed by atoms with Crippen LogP contribution in [0.25, 0.3) is 0 Å². The summed E-state index contributed by atoms with van der Waals surface area (Å²) < 4.78 is 16.4. The zero-order chi connectivity index (χ0) is 21.9. The zero-order valence-corrected chi connectivity index (χ0v) is 17.1. The summed E-state index contributed by atoms with van der Waals surface area (Å²) >= 11 is 0. The number of aliphatic hydroxyl groups excluding tert-OH is 1. The van der Waals surface area contributed by atoms with Gasteiger partial charge in [-0.2, -0.15) is 0 Å². The number of hydrogen-bond acceptors (Lipinski definition) is 7. The predicted molar refractivity (Wildman–Crippen MR) is 107 cm³/mol. The fourth-order valence-corrected chi connectivity index (χ4v) is 3.25. The van der Waals surface area contributed by atoms with E-state index < -0.39 is 35.2 Å². The minimum atomic E-state index is -1.44. The Morgan fingerprint density at radius 2 is 2.00 bits per heavy atom. The van der Waals surface area contributed by atoms with Crippen LogP contribution >= 0.6 is 0 Å². The maximum Gasteiger partial charge on any atom is 0.410 e.